The van der Waals surface area contributed by atoms with Gasteiger partial charge in [-0.05, 0) is 32.1 Å². The SMILES string of the molecule is CCCCCCCCCC/C=C/CC/C=C/C(O)C(COC1OC(CO)C(OC2OC(CO)C(O)C(O)C2O)C(O)C1O)NC(=O)CCCCCCCCCCCCCCCCCCCCCCCCCCCCCCCCCCCCCC. The van der Waals surface area contributed by atoms with Gasteiger partial charge in [0.25, 0.3) is 0 Å². The summed E-state index contributed by atoms with van der Waals surface area (Å²) in [6, 6.07) is -0.928. The molecule has 84 heavy (non-hydrogen) atoms. The number of aliphatic hydroxyl groups excluding tert-OH is 8. The first-order valence-electron chi connectivity index (χ1n) is 35.6. The van der Waals surface area contributed by atoms with Crippen LogP contribution in [0, 0.1) is 0 Å². The Balaban J connectivity index is 1.58. The fourth-order valence-corrected chi connectivity index (χ4v) is 12.0. The maximum Gasteiger partial charge on any atom is 0.220 e. The van der Waals surface area contributed by atoms with Gasteiger partial charge in [-0.2, -0.15) is 0 Å². The molecule has 0 radical (unpaired) electrons. The number of nitrogens with one attached hydrogen (secondary N) is 1. The number of allylic oxidation sites excluding steroid dienone is 3. The smallest absolute Gasteiger partial charge is 0.220 e. The number of ether oxygens (including phenoxy) is 4. The number of aliphatic hydroxyl groups is 8. The monoisotopic (exact) mass is 1200 g/mol. The summed E-state index contributed by atoms with van der Waals surface area (Å²) in [7, 11) is 0. The lowest BCUT2D eigenvalue weighted by Crippen LogP contribution is -2.65. The van der Waals surface area contributed by atoms with Crippen molar-refractivity contribution in [1.82, 2.24) is 5.32 Å². The van der Waals surface area contributed by atoms with Crippen LogP contribution in [-0.2, 0) is 23.7 Å². The van der Waals surface area contributed by atoms with E-state index in [0.717, 1.165) is 32.1 Å². The third-order valence-corrected chi connectivity index (χ3v) is 17.6. The van der Waals surface area contributed by atoms with E-state index in [-0.39, 0.29) is 18.9 Å². The summed E-state index contributed by atoms with van der Waals surface area (Å²) in [5, 5.41) is 87.2. The van der Waals surface area contributed by atoms with Gasteiger partial charge >= 0.3 is 0 Å². The lowest BCUT2D eigenvalue weighted by Gasteiger charge is -2.46. The lowest BCUT2D eigenvalue weighted by atomic mass is 9.97. The molecule has 2 aliphatic heterocycles. The van der Waals surface area contributed by atoms with Crippen LogP contribution >= 0.6 is 0 Å². The number of carbonyl (C=O) groups excluding carboxylic acids is 1. The van der Waals surface area contributed by atoms with Gasteiger partial charge < -0.3 is 65.1 Å². The number of carbonyl (C=O) groups is 1. The molecule has 12 unspecified atom stereocenters. The van der Waals surface area contributed by atoms with E-state index < -0.39 is 86.8 Å². The Morgan fingerprint density at radius 3 is 1.17 bits per heavy atom. The van der Waals surface area contributed by atoms with Crippen LogP contribution in [0.1, 0.15) is 322 Å². The summed E-state index contributed by atoms with van der Waals surface area (Å²) >= 11 is 0. The van der Waals surface area contributed by atoms with Crippen molar-refractivity contribution in [1.29, 1.82) is 0 Å². The van der Waals surface area contributed by atoms with Crippen molar-refractivity contribution in [3.63, 3.8) is 0 Å². The second-order valence-electron chi connectivity index (χ2n) is 25.4. The fraction of sp³-hybridized carbons (Fsp3) is 0.929. The van der Waals surface area contributed by atoms with E-state index in [1.54, 1.807) is 6.08 Å². The Morgan fingerprint density at radius 1 is 0.417 bits per heavy atom. The van der Waals surface area contributed by atoms with Gasteiger partial charge in [-0.15, -0.1) is 0 Å². The van der Waals surface area contributed by atoms with Crippen LogP contribution in [0.3, 0.4) is 0 Å². The quantitative estimate of drug-likeness (QED) is 0.0204. The van der Waals surface area contributed by atoms with Crippen molar-refractivity contribution in [2.45, 2.75) is 396 Å². The predicted octanol–water partition coefficient (Wildman–Crippen LogP) is 14.3. The molecule has 2 fully saturated rings. The minimum Gasteiger partial charge on any atom is -0.394 e. The summed E-state index contributed by atoms with van der Waals surface area (Å²) in [4.78, 5) is 13.3. The van der Waals surface area contributed by atoms with Crippen LogP contribution in [0.15, 0.2) is 24.3 Å². The number of hydrogen-bond donors (Lipinski definition) is 9. The van der Waals surface area contributed by atoms with E-state index >= 15 is 0 Å². The number of unbranched alkanes of at least 4 members (excludes halogenated alkanes) is 44. The Bertz CT molecular complexity index is 1500. The summed E-state index contributed by atoms with van der Waals surface area (Å²) in [5.74, 6) is -0.243. The van der Waals surface area contributed by atoms with Gasteiger partial charge in [0.1, 0.15) is 48.8 Å². The van der Waals surface area contributed by atoms with Crippen molar-refractivity contribution in [3.8, 4) is 0 Å². The van der Waals surface area contributed by atoms with Gasteiger partial charge in [-0.25, -0.2) is 0 Å². The summed E-state index contributed by atoms with van der Waals surface area (Å²) in [6.45, 7) is 2.81. The van der Waals surface area contributed by atoms with Crippen LogP contribution in [0.4, 0.5) is 0 Å². The molecule has 0 aliphatic carbocycles. The molecular weight excluding hydrogens is 1060 g/mol. The molecule has 14 heteroatoms. The molecule has 496 valence electrons. The van der Waals surface area contributed by atoms with Gasteiger partial charge in [0, 0.05) is 6.42 Å². The summed E-state index contributed by atoms with van der Waals surface area (Å²) in [6.07, 6.45) is 52.7. The fourth-order valence-electron chi connectivity index (χ4n) is 12.0. The standard InChI is InChI=1S/C70H133NO13/c1-3-5-7-9-11-13-15-17-19-20-21-22-23-24-25-26-27-28-29-30-31-32-33-34-35-36-37-38-39-40-42-44-46-48-50-52-54-62(75)71-58(59(74)53-51-49-47-45-43-41-18-16-14-12-10-8-6-4-2)57-81-69-67(80)65(78)68(61(56-73)83-69)84-70-66(79)64(77)63(76)60(55-72)82-70/h43,45,51,53,58-61,63-70,72-74,76-80H,3-42,44,46-50,52,54-57H2,1-2H3,(H,71,75)/b45-43+,53-51+. The first kappa shape index (κ1) is 78.6. The van der Waals surface area contributed by atoms with E-state index in [4.69, 9.17) is 18.9 Å². The highest BCUT2D eigenvalue weighted by Crippen LogP contribution is 2.30. The van der Waals surface area contributed by atoms with Crippen molar-refractivity contribution in [3.05, 3.63) is 24.3 Å². The average molecular weight is 1200 g/mol. The Labute approximate surface area is 513 Å². The zero-order valence-electron chi connectivity index (χ0n) is 53.9. The van der Waals surface area contributed by atoms with E-state index in [1.807, 2.05) is 6.08 Å². The van der Waals surface area contributed by atoms with E-state index in [9.17, 15) is 45.6 Å². The largest absolute Gasteiger partial charge is 0.394 e. The number of rotatable bonds is 59. The van der Waals surface area contributed by atoms with Gasteiger partial charge in [-0.1, -0.05) is 308 Å². The third kappa shape index (κ3) is 39.5. The molecule has 2 heterocycles. The maximum atomic E-state index is 13.3. The molecule has 2 saturated heterocycles. The lowest BCUT2D eigenvalue weighted by molar-refractivity contribution is -0.359. The van der Waals surface area contributed by atoms with E-state index in [2.05, 4.69) is 31.3 Å². The highest BCUT2D eigenvalue weighted by molar-refractivity contribution is 5.76. The minimum absolute atomic E-state index is 0.243. The van der Waals surface area contributed by atoms with Gasteiger partial charge in [0.2, 0.25) is 5.91 Å². The Kier molecular flexibility index (Phi) is 51.9. The van der Waals surface area contributed by atoms with Gasteiger partial charge in [0.15, 0.2) is 12.6 Å². The third-order valence-electron chi connectivity index (χ3n) is 17.6. The normalized spacial score (nSPS) is 23.7. The van der Waals surface area contributed by atoms with Crippen molar-refractivity contribution in [2.75, 3.05) is 19.8 Å². The minimum atomic E-state index is -1.79. The molecule has 0 spiro atoms. The zero-order chi connectivity index (χ0) is 60.9. The van der Waals surface area contributed by atoms with E-state index in [0.29, 0.717) is 12.8 Å². The van der Waals surface area contributed by atoms with Crippen molar-refractivity contribution in [2.24, 2.45) is 0 Å². The number of amides is 1. The molecule has 12 atom stereocenters. The van der Waals surface area contributed by atoms with Crippen LogP contribution in [-0.4, -0.2) is 140 Å². The number of hydrogen-bond acceptors (Lipinski definition) is 13. The molecule has 0 aromatic rings. The van der Waals surface area contributed by atoms with Crippen LogP contribution in [0.2, 0.25) is 0 Å². The molecule has 9 N–H and O–H groups in total. The topological polar surface area (TPSA) is 228 Å². The molecule has 0 saturated carbocycles. The van der Waals surface area contributed by atoms with Gasteiger partial charge in [-0.3, -0.25) is 4.79 Å². The molecule has 1 amide bonds. The molecule has 2 rings (SSSR count). The first-order valence-corrected chi connectivity index (χ1v) is 35.6. The van der Waals surface area contributed by atoms with Crippen LogP contribution in [0.5, 0.6) is 0 Å². The second-order valence-corrected chi connectivity index (χ2v) is 25.4. The van der Waals surface area contributed by atoms with Crippen molar-refractivity contribution >= 4 is 5.91 Å². The zero-order valence-corrected chi connectivity index (χ0v) is 53.9. The molecular formula is C70H133NO13. The molecule has 0 aromatic carbocycles. The second kappa shape index (κ2) is 55.5. The van der Waals surface area contributed by atoms with Crippen LogP contribution < -0.4 is 5.32 Å². The van der Waals surface area contributed by atoms with Crippen molar-refractivity contribution < 1.29 is 64.6 Å². The van der Waals surface area contributed by atoms with E-state index in [1.165, 1.54) is 257 Å². The maximum absolute atomic E-state index is 13.3. The first-order chi connectivity index (χ1) is 41.1. The predicted molar refractivity (Wildman–Crippen MR) is 342 cm³/mol. The molecule has 2 aliphatic rings. The van der Waals surface area contributed by atoms with Gasteiger partial charge in [0.05, 0.1) is 32.0 Å². The van der Waals surface area contributed by atoms with Crippen LogP contribution in [0.25, 0.3) is 0 Å². The summed E-state index contributed by atoms with van der Waals surface area (Å²) in [5.41, 5.74) is 0. The highest BCUT2D eigenvalue weighted by atomic mass is 16.7. The Hall–Kier alpha value is -1.53. The molecule has 0 aromatic heterocycles. The summed E-state index contributed by atoms with van der Waals surface area (Å²) < 4.78 is 22.8. The molecule has 0 bridgehead atoms. The Morgan fingerprint density at radius 2 is 0.762 bits per heavy atom. The molecule has 14 nitrogen and oxygen atoms in total. The average Bonchev–Trinajstić information content (AvgIpc) is 3.58. The highest BCUT2D eigenvalue weighted by Gasteiger charge is 2.51.